The highest BCUT2D eigenvalue weighted by Crippen LogP contribution is 2.24. The van der Waals surface area contributed by atoms with E-state index >= 15 is 0 Å². The van der Waals surface area contributed by atoms with Gasteiger partial charge in [0.25, 0.3) is 0 Å². The fraction of sp³-hybridized carbons (Fsp3) is 0.455. The summed E-state index contributed by atoms with van der Waals surface area (Å²) in [7, 11) is 1.31. The summed E-state index contributed by atoms with van der Waals surface area (Å²) >= 11 is 1.29. The predicted molar refractivity (Wildman–Crippen MR) is 67.1 cm³/mol. The van der Waals surface area contributed by atoms with Crippen molar-refractivity contribution in [2.75, 3.05) is 38.7 Å². The Hall–Kier alpha value is -1.60. The van der Waals surface area contributed by atoms with Gasteiger partial charge in [-0.05, 0) is 11.4 Å². The first-order valence-corrected chi connectivity index (χ1v) is 6.40. The summed E-state index contributed by atoms with van der Waals surface area (Å²) in [5.74, 6) is -0.450. The molecular weight excluding hydrogens is 256 g/mol. The average molecular weight is 270 g/mol. The molecule has 7 heteroatoms. The summed E-state index contributed by atoms with van der Waals surface area (Å²) in [6, 6.07) is 1.41. The molecule has 1 aliphatic rings. The van der Waals surface area contributed by atoms with E-state index in [4.69, 9.17) is 4.74 Å². The maximum absolute atomic E-state index is 11.9. The van der Waals surface area contributed by atoms with Gasteiger partial charge in [-0.2, -0.15) is 0 Å². The van der Waals surface area contributed by atoms with Gasteiger partial charge in [0.05, 0.1) is 25.9 Å². The maximum Gasteiger partial charge on any atom is 0.340 e. The van der Waals surface area contributed by atoms with E-state index in [1.54, 1.807) is 16.3 Å². The number of morpholine rings is 1. The number of anilines is 1. The highest BCUT2D eigenvalue weighted by Gasteiger charge is 2.20. The highest BCUT2D eigenvalue weighted by atomic mass is 32.1. The molecule has 0 spiro atoms. The molecule has 0 aromatic carbocycles. The molecule has 0 atom stereocenters. The number of nitrogens with one attached hydrogen (secondary N) is 1. The van der Waals surface area contributed by atoms with Crippen molar-refractivity contribution in [1.29, 1.82) is 0 Å². The zero-order valence-electron chi connectivity index (χ0n) is 9.97. The largest absolute Gasteiger partial charge is 0.465 e. The van der Waals surface area contributed by atoms with Crippen molar-refractivity contribution in [2.45, 2.75) is 0 Å². The number of carbonyl (C=O) groups excluding carboxylic acids is 2. The number of carbonyl (C=O) groups is 2. The standard InChI is InChI=1S/C11H14N2O4S/c1-16-10(14)8-2-7-18-9(8)12-11(15)13-3-5-17-6-4-13/h2,7H,3-6H2,1H3,(H,12,15). The minimum absolute atomic E-state index is 0.217. The van der Waals surface area contributed by atoms with Crippen LogP contribution in [0.3, 0.4) is 0 Å². The Kier molecular flexibility index (Phi) is 4.16. The van der Waals surface area contributed by atoms with E-state index in [2.05, 4.69) is 10.1 Å². The number of amides is 2. The van der Waals surface area contributed by atoms with Crippen LogP contribution in [0.5, 0.6) is 0 Å². The van der Waals surface area contributed by atoms with Gasteiger partial charge in [0.1, 0.15) is 5.00 Å². The Labute approximate surface area is 108 Å². The third kappa shape index (κ3) is 2.80. The van der Waals surface area contributed by atoms with Crippen LogP contribution in [-0.2, 0) is 9.47 Å². The maximum atomic E-state index is 11.9. The summed E-state index contributed by atoms with van der Waals surface area (Å²) in [4.78, 5) is 25.1. The van der Waals surface area contributed by atoms with E-state index < -0.39 is 5.97 Å². The Morgan fingerprint density at radius 1 is 1.44 bits per heavy atom. The number of thiophene rings is 1. The molecule has 0 aliphatic carbocycles. The summed E-state index contributed by atoms with van der Waals surface area (Å²) in [6.45, 7) is 2.21. The van der Waals surface area contributed by atoms with Crippen LogP contribution in [0.15, 0.2) is 11.4 Å². The molecule has 2 rings (SSSR count). The van der Waals surface area contributed by atoms with Crippen molar-refractivity contribution >= 4 is 28.3 Å². The number of methoxy groups -OCH3 is 1. The third-order valence-electron chi connectivity index (χ3n) is 2.59. The van der Waals surface area contributed by atoms with Gasteiger partial charge >= 0.3 is 12.0 Å². The van der Waals surface area contributed by atoms with E-state index in [-0.39, 0.29) is 6.03 Å². The van der Waals surface area contributed by atoms with Crippen LogP contribution in [0, 0.1) is 0 Å². The number of esters is 1. The summed E-state index contributed by atoms with van der Waals surface area (Å²) in [5, 5.41) is 4.97. The minimum Gasteiger partial charge on any atom is -0.465 e. The number of ether oxygens (including phenoxy) is 2. The second-order valence-electron chi connectivity index (χ2n) is 3.68. The second-order valence-corrected chi connectivity index (χ2v) is 4.60. The first-order valence-electron chi connectivity index (χ1n) is 5.52. The topological polar surface area (TPSA) is 67.9 Å². The molecule has 0 saturated carbocycles. The van der Waals surface area contributed by atoms with Crippen LogP contribution < -0.4 is 5.32 Å². The van der Waals surface area contributed by atoms with Gasteiger partial charge in [0.2, 0.25) is 0 Å². The van der Waals surface area contributed by atoms with E-state index in [0.29, 0.717) is 36.9 Å². The quantitative estimate of drug-likeness (QED) is 0.825. The lowest BCUT2D eigenvalue weighted by Gasteiger charge is -2.26. The summed E-state index contributed by atoms with van der Waals surface area (Å²) < 4.78 is 9.82. The van der Waals surface area contributed by atoms with Crippen LogP contribution in [-0.4, -0.2) is 50.3 Å². The fourth-order valence-electron chi connectivity index (χ4n) is 1.62. The van der Waals surface area contributed by atoms with Gasteiger partial charge in [-0.3, -0.25) is 5.32 Å². The lowest BCUT2D eigenvalue weighted by atomic mass is 10.3. The number of urea groups is 1. The molecule has 0 bridgehead atoms. The van der Waals surface area contributed by atoms with E-state index in [0.717, 1.165) is 0 Å². The molecule has 1 aromatic rings. The summed E-state index contributed by atoms with van der Waals surface area (Å²) in [5.41, 5.74) is 0.379. The van der Waals surface area contributed by atoms with Crippen LogP contribution in [0.4, 0.5) is 9.80 Å². The van der Waals surface area contributed by atoms with E-state index in [1.165, 1.54) is 18.4 Å². The van der Waals surface area contributed by atoms with Crippen LogP contribution >= 0.6 is 11.3 Å². The first-order chi connectivity index (χ1) is 8.72. The number of rotatable bonds is 2. The molecule has 2 heterocycles. The molecule has 0 unspecified atom stereocenters. The lowest BCUT2D eigenvalue weighted by Crippen LogP contribution is -2.43. The predicted octanol–water partition coefficient (Wildman–Crippen LogP) is 1.40. The van der Waals surface area contributed by atoms with E-state index in [1.807, 2.05) is 0 Å². The molecule has 1 aromatic heterocycles. The molecule has 0 radical (unpaired) electrons. The smallest absolute Gasteiger partial charge is 0.340 e. The van der Waals surface area contributed by atoms with Crippen LogP contribution in [0.2, 0.25) is 0 Å². The lowest BCUT2D eigenvalue weighted by molar-refractivity contribution is 0.0564. The molecule has 1 saturated heterocycles. The molecule has 18 heavy (non-hydrogen) atoms. The second kappa shape index (κ2) is 5.83. The minimum atomic E-state index is -0.450. The average Bonchev–Trinajstić information content (AvgIpc) is 2.87. The van der Waals surface area contributed by atoms with E-state index in [9.17, 15) is 9.59 Å². The molecule has 6 nitrogen and oxygen atoms in total. The zero-order valence-corrected chi connectivity index (χ0v) is 10.8. The number of hydrogen-bond donors (Lipinski definition) is 1. The highest BCUT2D eigenvalue weighted by molar-refractivity contribution is 7.14. The Morgan fingerprint density at radius 2 is 2.17 bits per heavy atom. The van der Waals surface area contributed by atoms with Crippen molar-refractivity contribution in [3.8, 4) is 0 Å². The third-order valence-corrected chi connectivity index (χ3v) is 3.42. The first kappa shape index (κ1) is 12.8. The Morgan fingerprint density at radius 3 is 2.83 bits per heavy atom. The van der Waals surface area contributed by atoms with Gasteiger partial charge < -0.3 is 14.4 Å². The van der Waals surface area contributed by atoms with Gasteiger partial charge in [0.15, 0.2) is 0 Å². The Balaban J connectivity index is 2.02. The zero-order chi connectivity index (χ0) is 13.0. The van der Waals surface area contributed by atoms with Crippen molar-refractivity contribution < 1.29 is 19.1 Å². The van der Waals surface area contributed by atoms with Crippen LogP contribution in [0.25, 0.3) is 0 Å². The molecule has 98 valence electrons. The molecule has 1 N–H and O–H groups in total. The van der Waals surface area contributed by atoms with Crippen molar-refractivity contribution in [3.63, 3.8) is 0 Å². The molecule has 1 fully saturated rings. The summed E-state index contributed by atoms with van der Waals surface area (Å²) in [6.07, 6.45) is 0. The molecular formula is C11H14N2O4S. The van der Waals surface area contributed by atoms with Gasteiger partial charge in [-0.25, -0.2) is 9.59 Å². The van der Waals surface area contributed by atoms with Crippen molar-refractivity contribution in [3.05, 3.63) is 17.0 Å². The normalized spacial score (nSPS) is 15.3. The molecule has 2 amide bonds. The van der Waals surface area contributed by atoms with Crippen LogP contribution in [0.1, 0.15) is 10.4 Å². The molecule has 1 aliphatic heterocycles. The Bertz CT molecular complexity index is 440. The van der Waals surface area contributed by atoms with Gasteiger partial charge in [-0.15, -0.1) is 11.3 Å². The fourth-order valence-corrected chi connectivity index (χ4v) is 2.38. The van der Waals surface area contributed by atoms with Gasteiger partial charge in [0, 0.05) is 13.1 Å². The van der Waals surface area contributed by atoms with Crippen molar-refractivity contribution in [1.82, 2.24) is 4.90 Å². The SMILES string of the molecule is COC(=O)c1ccsc1NC(=O)N1CCOCC1. The number of nitrogens with zero attached hydrogens (tertiary/aromatic N) is 1. The monoisotopic (exact) mass is 270 g/mol. The number of hydrogen-bond acceptors (Lipinski definition) is 5. The van der Waals surface area contributed by atoms with Crippen molar-refractivity contribution in [2.24, 2.45) is 0 Å². The van der Waals surface area contributed by atoms with Gasteiger partial charge in [-0.1, -0.05) is 0 Å².